The van der Waals surface area contributed by atoms with Gasteiger partial charge in [-0.2, -0.15) is 0 Å². The lowest BCUT2D eigenvalue weighted by atomic mass is 10.1. The van der Waals surface area contributed by atoms with Gasteiger partial charge in [-0.05, 0) is 32.1 Å². The third-order valence-corrected chi connectivity index (χ3v) is 3.21. The molecular weight excluding hydrogens is 258 g/mol. The van der Waals surface area contributed by atoms with Crippen molar-refractivity contribution in [3.8, 4) is 0 Å². The summed E-state index contributed by atoms with van der Waals surface area (Å²) < 4.78 is 5.49. The quantitative estimate of drug-likeness (QED) is 0.782. The first-order chi connectivity index (χ1) is 7.13. The highest BCUT2D eigenvalue weighted by molar-refractivity contribution is 9.09. The molecule has 3 nitrogen and oxygen atoms in total. The van der Waals surface area contributed by atoms with Crippen molar-refractivity contribution in [1.29, 1.82) is 0 Å². The van der Waals surface area contributed by atoms with E-state index in [1.807, 2.05) is 6.92 Å². The van der Waals surface area contributed by atoms with Gasteiger partial charge in [0.2, 0.25) is 5.91 Å². The summed E-state index contributed by atoms with van der Waals surface area (Å²) in [6.45, 7) is 4.90. The van der Waals surface area contributed by atoms with Gasteiger partial charge in [0.05, 0.1) is 6.10 Å². The van der Waals surface area contributed by atoms with E-state index in [2.05, 4.69) is 28.2 Å². The van der Waals surface area contributed by atoms with Crippen LogP contribution >= 0.6 is 15.9 Å². The van der Waals surface area contributed by atoms with E-state index in [4.69, 9.17) is 4.74 Å². The molecule has 1 saturated heterocycles. The molecule has 0 aromatic carbocycles. The minimum atomic E-state index is -0.212. The fourth-order valence-electron chi connectivity index (χ4n) is 1.67. The zero-order valence-corrected chi connectivity index (χ0v) is 11.0. The zero-order valence-electron chi connectivity index (χ0n) is 9.46. The molecule has 3 atom stereocenters. The minimum Gasteiger partial charge on any atom is -0.365 e. The van der Waals surface area contributed by atoms with Crippen molar-refractivity contribution in [1.82, 2.24) is 5.32 Å². The number of amides is 1. The van der Waals surface area contributed by atoms with Crippen molar-refractivity contribution in [2.24, 2.45) is 5.92 Å². The summed E-state index contributed by atoms with van der Waals surface area (Å²) in [7, 11) is 0. The van der Waals surface area contributed by atoms with Gasteiger partial charge < -0.3 is 10.1 Å². The van der Waals surface area contributed by atoms with Crippen LogP contribution in [0.1, 0.15) is 33.1 Å². The topological polar surface area (TPSA) is 38.3 Å². The van der Waals surface area contributed by atoms with Crippen LogP contribution in [0.15, 0.2) is 0 Å². The Morgan fingerprint density at radius 1 is 1.60 bits per heavy atom. The molecule has 4 heteroatoms. The Morgan fingerprint density at radius 2 is 2.33 bits per heavy atom. The predicted octanol–water partition coefficient (Wildman–Crippen LogP) is 2.09. The second kappa shape index (κ2) is 6.48. The van der Waals surface area contributed by atoms with Crippen LogP contribution in [0.4, 0.5) is 0 Å². The van der Waals surface area contributed by atoms with Gasteiger partial charge in [-0.3, -0.25) is 4.79 Å². The first-order valence-corrected chi connectivity index (χ1v) is 6.74. The fraction of sp³-hybridized carbons (Fsp3) is 0.909. The molecule has 3 unspecified atom stereocenters. The van der Waals surface area contributed by atoms with Gasteiger partial charge >= 0.3 is 0 Å². The van der Waals surface area contributed by atoms with Crippen molar-refractivity contribution in [3.05, 3.63) is 0 Å². The van der Waals surface area contributed by atoms with Crippen LogP contribution in [-0.2, 0) is 9.53 Å². The van der Waals surface area contributed by atoms with Gasteiger partial charge in [0.1, 0.15) is 6.10 Å². The summed E-state index contributed by atoms with van der Waals surface area (Å²) in [5, 5.41) is 3.93. The van der Waals surface area contributed by atoms with Gasteiger partial charge in [0, 0.05) is 11.9 Å². The lowest BCUT2D eigenvalue weighted by molar-refractivity contribution is -0.131. The number of alkyl halides is 1. The normalized spacial score (nSPS) is 27.7. The standard InChI is InChI=1S/C11H20BrNO2/c1-8(5-6-12)7-13-11(14)10-4-3-9(2)15-10/h8-10H,3-7H2,1-2H3,(H,13,14). The molecule has 0 spiro atoms. The molecule has 0 saturated carbocycles. The highest BCUT2D eigenvalue weighted by atomic mass is 79.9. The van der Waals surface area contributed by atoms with Crippen LogP contribution in [0, 0.1) is 5.92 Å². The molecule has 0 bridgehead atoms. The van der Waals surface area contributed by atoms with Gasteiger partial charge in [-0.15, -0.1) is 0 Å². The number of carbonyl (C=O) groups is 1. The Bertz CT molecular complexity index is 211. The van der Waals surface area contributed by atoms with Crippen molar-refractivity contribution in [2.75, 3.05) is 11.9 Å². The van der Waals surface area contributed by atoms with E-state index in [1.165, 1.54) is 0 Å². The average molecular weight is 278 g/mol. The molecule has 0 aromatic rings. The van der Waals surface area contributed by atoms with Crippen LogP contribution < -0.4 is 5.32 Å². The van der Waals surface area contributed by atoms with E-state index in [-0.39, 0.29) is 18.1 Å². The maximum atomic E-state index is 11.7. The largest absolute Gasteiger partial charge is 0.365 e. The summed E-state index contributed by atoms with van der Waals surface area (Å²) in [6, 6.07) is 0. The fourth-order valence-corrected chi connectivity index (χ4v) is 2.45. The summed E-state index contributed by atoms with van der Waals surface area (Å²) in [5.41, 5.74) is 0. The zero-order chi connectivity index (χ0) is 11.3. The Kier molecular flexibility index (Phi) is 5.61. The molecule has 1 aliphatic heterocycles. The number of rotatable bonds is 5. The maximum Gasteiger partial charge on any atom is 0.249 e. The monoisotopic (exact) mass is 277 g/mol. The molecule has 1 N–H and O–H groups in total. The minimum absolute atomic E-state index is 0.0563. The van der Waals surface area contributed by atoms with Crippen molar-refractivity contribution < 1.29 is 9.53 Å². The lowest BCUT2D eigenvalue weighted by Gasteiger charge is -2.14. The number of hydrogen-bond donors (Lipinski definition) is 1. The predicted molar refractivity (Wildman–Crippen MR) is 64.2 cm³/mol. The third kappa shape index (κ3) is 4.51. The van der Waals surface area contributed by atoms with Crippen molar-refractivity contribution in [3.63, 3.8) is 0 Å². The summed E-state index contributed by atoms with van der Waals surface area (Å²) in [4.78, 5) is 11.7. The summed E-state index contributed by atoms with van der Waals surface area (Å²) in [5.74, 6) is 0.577. The molecule has 0 aromatic heterocycles. The molecular formula is C11H20BrNO2. The second-order valence-electron chi connectivity index (χ2n) is 4.34. The van der Waals surface area contributed by atoms with Crippen LogP contribution in [0.5, 0.6) is 0 Å². The number of carbonyl (C=O) groups excluding carboxylic acids is 1. The van der Waals surface area contributed by atoms with E-state index in [1.54, 1.807) is 0 Å². The van der Waals surface area contributed by atoms with Crippen LogP contribution in [0.3, 0.4) is 0 Å². The van der Waals surface area contributed by atoms with E-state index in [0.717, 1.165) is 31.1 Å². The molecule has 1 fully saturated rings. The lowest BCUT2D eigenvalue weighted by Crippen LogP contribution is -2.37. The Hall–Kier alpha value is -0.0900. The van der Waals surface area contributed by atoms with Crippen molar-refractivity contribution in [2.45, 2.75) is 45.3 Å². The number of nitrogens with one attached hydrogen (secondary N) is 1. The smallest absolute Gasteiger partial charge is 0.249 e. The van der Waals surface area contributed by atoms with Crippen molar-refractivity contribution >= 4 is 21.8 Å². The van der Waals surface area contributed by atoms with Gasteiger partial charge in [-0.25, -0.2) is 0 Å². The first-order valence-electron chi connectivity index (χ1n) is 5.62. The van der Waals surface area contributed by atoms with Crippen LogP contribution in [-0.4, -0.2) is 30.0 Å². The van der Waals surface area contributed by atoms with Gasteiger partial charge in [0.15, 0.2) is 0 Å². The van der Waals surface area contributed by atoms with E-state index >= 15 is 0 Å². The van der Waals surface area contributed by atoms with Gasteiger partial charge in [-0.1, -0.05) is 22.9 Å². The van der Waals surface area contributed by atoms with E-state index in [9.17, 15) is 4.79 Å². The number of halogens is 1. The summed E-state index contributed by atoms with van der Waals surface area (Å²) >= 11 is 3.39. The number of ether oxygens (including phenoxy) is 1. The number of hydrogen-bond acceptors (Lipinski definition) is 2. The first kappa shape index (κ1) is 13.0. The highest BCUT2D eigenvalue weighted by Gasteiger charge is 2.27. The maximum absolute atomic E-state index is 11.7. The van der Waals surface area contributed by atoms with Gasteiger partial charge in [0.25, 0.3) is 0 Å². The highest BCUT2D eigenvalue weighted by Crippen LogP contribution is 2.19. The molecule has 1 heterocycles. The summed E-state index contributed by atoms with van der Waals surface area (Å²) in [6.07, 6.45) is 2.97. The molecule has 1 aliphatic rings. The Labute approximate surface area is 100 Å². The Balaban J connectivity index is 2.18. The van der Waals surface area contributed by atoms with E-state index < -0.39 is 0 Å². The Morgan fingerprint density at radius 3 is 2.87 bits per heavy atom. The molecule has 0 aliphatic carbocycles. The molecule has 88 valence electrons. The third-order valence-electron chi connectivity index (χ3n) is 2.75. The molecule has 0 radical (unpaired) electrons. The van der Waals surface area contributed by atoms with Crippen LogP contribution in [0.2, 0.25) is 0 Å². The molecule has 1 rings (SSSR count). The second-order valence-corrected chi connectivity index (χ2v) is 5.13. The molecule has 1 amide bonds. The molecule has 15 heavy (non-hydrogen) atoms. The van der Waals surface area contributed by atoms with E-state index in [0.29, 0.717) is 5.92 Å². The SMILES string of the molecule is CC(CCBr)CNC(=O)C1CCC(C)O1. The van der Waals surface area contributed by atoms with Crippen LogP contribution in [0.25, 0.3) is 0 Å². The average Bonchev–Trinajstić information content (AvgIpc) is 2.62.